The van der Waals surface area contributed by atoms with Gasteiger partial charge in [0.1, 0.15) is 18.3 Å². The van der Waals surface area contributed by atoms with E-state index in [9.17, 15) is 9.90 Å². The van der Waals surface area contributed by atoms with Crippen LogP contribution in [0.15, 0.2) is 91.0 Å². The van der Waals surface area contributed by atoms with Crippen molar-refractivity contribution in [1.82, 2.24) is 0 Å². The zero-order valence-corrected chi connectivity index (χ0v) is 20.3. The van der Waals surface area contributed by atoms with E-state index in [1.807, 2.05) is 91.0 Å². The molecule has 0 spiro atoms. The summed E-state index contributed by atoms with van der Waals surface area (Å²) in [6.07, 6.45) is -4.33. The van der Waals surface area contributed by atoms with Gasteiger partial charge in [0.05, 0.1) is 26.4 Å². The molecule has 1 heterocycles. The van der Waals surface area contributed by atoms with Crippen molar-refractivity contribution in [3.63, 3.8) is 0 Å². The topological polar surface area (TPSA) is 83.5 Å². The van der Waals surface area contributed by atoms with Gasteiger partial charge in [-0.25, -0.2) is 0 Å². The highest BCUT2D eigenvalue weighted by Gasteiger charge is 2.50. The third kappa shape index (κ3) is 7.46. The highest BCUT2D eigenvalue weighted by atomic mass is 16.7. The molecule has 1 aliphatic rings. The first kappa shape index (κ1) is 26.0. The van der Waals surface area contributed by atoms with Crippen molar-refractivity contribution in [3.8, 4) is 0 Å². The van der Waals surface area contributed by atoms with Gasteiger partial charge in [-0.1, -0.05) is 91.0 Å². The van der Waals surface area contributed by atoms with Crippen molar-refractivity contribution < 1.29 is 33.6 Å². The lowest BCUT2D eigenvalue weighted by atomic mass is 10.1. The Morgan fingerprint density at radius 1 is 0.778 bits per heavy atom. The summed E-state index contributed by atoms with van der Waals surface area (Å²) in [6.45, 7) is 2.30. The van der Waals surface area contributed by atoms with Crippen molar-refractivity contribution in [2.24, 2.45) is 0 Å². The molecule has 0 bridgehead atoms. The molecule has 36 heavy (non-hydrogen) atoms. The first-order valence-electron chi connectivity index (χ1n) is 12.0. The van der Waals surface area contributed by atoms with Crippen LogP contribution in [0, 0.1) is 0 Å². The normalized spacial score (nSPS) is 22.3. The molecule has 0 aromatic heterocycles. The second-order valence-electron chi connectivity index (χ2n) is 8.66. The molecule has 1 N–H and O–H groups in total. The maximum atomic E-state index is 11.9. The van der Waals surface area contributed by atoms with Crippen LogP contribution in [0.25, 0.3) is 0 Å². The Bertz CT molecular complexity index is 1040. The predicted molar refractivity (Wildman–Crippen MR) is 133 cm³/mol. The molecule has 0 radical (unpaired) electrons. The Kier molecular flexibility index (Phi) is 9.61. The minimum atomic E-state index is -1.26. The molecule has 4 rings (SSSR count). The molecule has 0 saturated carbocycles. The van der Waals surface area contributed by atoms with Crippen molar-refractivity contribution in [3.05, 3.63) is 108 Å². The van der Waals surface area contributed by atoms with Crippen LogP contribution in [-0.4, -0.2) is 48.4 Å². The van der Waals surface area contributed by atoms with E-state index in [4.69, 9.17) is 23.7 Å². The first-order chi connectivity index (χ1) is 17.6. The van der Waals surface area contributed by atoms with Gasteiger partial charge in [0, 0.05) is 6.92 Å². The number of hydrogen-bond acceptors (Lipinski definition) is 7. The standard InChI is InChI=1S/C29H32O7/c1-21(30)35-25(20-32-17-22-11-5-2-6-12-22)26-27(33-18-23-13-7-3-8-14-23)28(29(31)36-26)34-19-24-15-9-4-10-16-24/h2-16,25-29,31H,17-20H2,1H3/t25-,26+,27+,28-,29?/m1/s1. The summed E-state index contributed by atoms with van der Waals surface area (Å²) in [7, 11) is 0. The van der Waals surface area contributed by atoms with Crippen molar-refractivity contribution >= 4 is 5.97 Å². The molecule has 1 aliphatic heterocycles. The van der Waals surface area contributed by atoms with Gasteiger partial charge in [-0.05, 0) is 16.7 Å². The smallest absolute Gasteiger partial charge is 0.303 e. The number of hydrogen-bond donors (Lipinski definition) is 1. The minimum Gasteiger partial charge on any atom is -0.457 e. The lowest BCUT2D eigenvalue weighted by Crippen LogP contribution is -2.45. The Labute approximate surface area is 211 Å². The second-order valence-corrected chi connectivity index (χ2v) is 8.66. The van der Waals surface area contributed by atoms with Gasteiger partial charge in [0.25, 0.3) is 0 Å². The molecule has 3 aromatic carbocycles. The first-order valence-corrected chi connectivity index (χ1v) is 12.0. The molecule has 1 saturated heterocycles. The molecule has 190 valence electrons. The van der Waals surface area contributed by atoms with Crippen LogP contribution in [0.3, 0.4) is 0 Å². The average molecular weight is 493 g/mol. The fraction of sp³-hybridized carbons (Fsp3) is 0.345. The van der Waals surface area contributed by atoms with Gasteiger partial charge in [0.2, 0.25) is 0 Å². The Morgan fingerprint density at radius 3 is 1.75 bits per heavy atom. The maximum Gasteiger partial charge on any atom is 0.303 e. The van der Waals surface area contributed by atoms with E-state index in [1.165, 1.54) is 6.92 Å². The molecule has 1 unspecified atom stereocenters. The fourth-order valence-corrected chi connectivity index (χ4v) is 4.14. The Morgan fingerprint density at radius 2 is 1.25 bits per heavy atom. The monoisotopic (exact) mass is 492 g/mol. The van der Waals surface area contributed by atoms with Gasteiger partial charge in [-0.15, -0.1) is 0 Å². The van der Waals surface area contributed by atoms with E-state index in [1.54, 1.807) is 0 Å². The van der Waals surface area contributed by atoms with Crippen molar-refractivity contribution in [2.45, 2.75) is 57.5 Å². The SMILES string of the molecule is CC(=O)O[C@H](COCc1ccccc1)[C@@H]1OC(O)[C@H](OCc2ccccc2)[C@H]1OCc1ccccc1. The largest absolute Gasteiger partial charge is 0.457 e. The molecule has 1 fully saturated rings. The van der Waals surface area contributed by atoms with Gasteiger partial charge in [-0.3, -0.25) is 4.79 Å². The molecule has 3 aromatic rings. The van der Waals surface area contributed by atoms with Crippen LogP contribution in [0.4, 0.5) is 0 Å². The second kappa shape index (κ2) is 13.3. The number of aliphatic hydroxyl groups excluding tert-OH is 1. The Balaban J connectivity index is 1.48. The molecule has 7 heteroatoms. The van der Waals surface area contributed by atoms with E-state index < -0.39 is 36.7 Å². The molecule has 0 aliphatic carbocycles. The van der Waals surface area contributed by atoms with Gasteiger partial charge < -0.3 is 28.8 Å². The van der Waals surface area contributed by atoms with Crippen LogP contribution < -0.4 is 0 Å². The molecule has 5 atom stereocenters. The van der Waals surface area contributed by atoms with Crippen LogP contribution in [0.2, 0.25) is 0 Å². The summed E-state index contributed by atoms with van der Waals surface area (Å²) in [5, 5.41) is 10.8. The average Bonchev–Trinajstić information content (AvgIpc) is 3.22. The van der Waals surface area contributed by atoms with Gasteiger partial charge in [0.15, 0.2) is 12.4 Å². The zero-order valence-electron chi connectivity index (χ0n) is 20.3. The maximum absolute atomic E-state index is 11.9. The summed E-state index contributed by atoms with van der Waals surface area (Å²) in [4.78, 5) is 11.9. The third-order valence-corrected chi connectivity index (χ3v) is 5.87. The summed E-state index contributed by atoms with van der Waals surface area (Å²) in [6, 6.07) is 29.1. The summed E-state index contributed by atoms with van der Waals surface area (Å²) >= 11 is 0. The fourth-order valence-electron chi connectivity index (χ4n) is 4.14. The summed E-state index contributed by atoms with van der Waals surface area (Å²) < 4.78 is 29.7. The van der Waals surface area contributed by atoms with E-state index in [0.29, 0.717) is 6.61 Å². The van der Waals surface area contributed by atoms with Crippen LogP contribution >= 0.6 is 0 Å². The number of rotatable bonds is 12. The van der Waals surface area contributed by atoms with Crippen LogP contribution in [0.5, 0.6) is 0 Å². The van der Waals surface area contributed by atoms with Gasteiger partial charge in [-0.2, -0.15) is 0 Å². The zero-order chi connectivity index (χ0) is 25.2. The quantitative estimate of drug-likeness (QED) is 0.382. The van der Waals surface area contributed by atoms with E-state index in [0.717, 1.165) is 16.7 Å². The third-order valence-electron chi connectivity index (χ3n) is 5.87. The van der Waals surface area contributed by atoms with Crippen molar-refractivity contribution in [1.29, 1.82) is 0 Å². The van der Waals surface area contributed by atoms with Crippen molar-refractivity contribution in [2.75, 3.05) is 6.61 Å². The molecule has 0 amide bonds. The lowest BCUT2D eigenvalue weighted by Gasteiger charge is -2.28. The lowest BCUT2D eigenvalue weighted by molar-refractivity contribution is -0.181. The number of carbonyl (C=O) groups excluding carboxylic acids is 1. The van der Waals surface area contributed by atoms with Crippen LogP contribution in [0.1, 0.15) is 23.6 Å². The number of ether oxygens (including phenoxy) is 5. The van der Waals surface area contributed by atoms with Gasteiger partial charge >= 0.3 is 5.97 Å². The van der Waals surface area contributed by atoms with E-state index in [2.05, 4.69) is 0 Å². The van der Waals surface area contributed by atoms with Crippen LogP contribution in [-0.2, 0) is 48.3 Å². The number of aliphatic hydroxyl groups is 1. The highest BCUT2D eigenvalue weighted by molar-refractivity contribution is 5.66. The number of carbonyl (C=O) groups is 1. The molecule has 7 nitrogen and oxygen atoms in total. The molecular weight excluding hydrogens is 460 g/mol. The summed E-state index contributed by atoms with van der Waals surface area (Å²) in [5.74, 6) is -0.475. The predicted octanol–water partition coefficient (Wildman–Crippen LogP) is 4.02. The minimum absolute atomic E-state index is 0.0719. The van der Waals surface area contributed by atoms with E-state index >= 15 is 0 Å². The van der Waals surface area contributed by atoms with E-state index in [-0.39, 0.29) is 19.8 Å². The summed E-state index contributed by atoms with van der Waals surface area (Å²) in [5.41, 5.74) is 2.91. The highest BCUT2D eigenvalue weighted by Crippen LogP contribution is 2.30. The Hall–Kier alpha value is -3.07. The number of benzene rings is 3. The molecular formula is C29H32O7. The number of esters is 1.